The highest BCUT2D eigenvalue weighted by Crippen LogP contribution is 2.16. The molecule has 0 aromatic heterocycles. The fourth-order valence-electron chi connectivity index (χ4n) is 2.58. The monoisotopic (exact) mass is 376 g/mol. The molecule has 23 heavy (non-hydrogen) atoms. The zero-order valence-electron chi connectivity index (χ0n) is 16.3. The number of hydrogen-bond donors (Lipinski definition) is 0. The van der Waals surface area contributed by atoms with Crippen LogP contribution < -0.4 is 0 Å². The molecule has 0 rings (SSSR count). The molecule has 0 unspecified atom stereocenters. The zero-order valence-corrected chi connectivity index (χ0v) is 19.6. The summed E-state index contributed by atoms with van der Waals surface area (Å²) in [4.78, 5) is 0. The van der Waals surface area contributed by atoms with Gasteiger partial charge in [0.25, 0.3) is 0 Å². The van der Waals surface area contributed by atoms with E-state index < -0.39 is 26.6 Å². The molecule has 0 aliphatic rings. The molecule has 4 nitrogen and oxygen atoms in total. The third-order valence-corrected chi connectivity index (χ3v) is 10.6. The second-order valence-corrected chi connectivity index (χ2v) is 14.8. The molecule has 0 amide bonds. The van der Waals surface area contributed by atoms with Crippen LogP contribution in [0.1, 0.15) is 41.5 Å². The lowest BCUT2D eigenvalue weighted by Crippen LogP contribution is -2.31. The summed E-state index contributed by atoms with van der Waals surface area (Å²) in [6, 6.07) is 0. The van der Waals surface area contributed by atoms with E-state index in [2.05, 4.69) is 38.3 Å². The Bertz CT molecular complexity index is 338. The average molecular weight is 377 g/mol. The van der Waals surface area contributed by atoms with Gasteiger partial charge in [0.1, 0.15) is 0 Å². The van der Waals surface area contributed by atoms with E-state index in [4.69, 9.17) is 17.7 Å². The van der Waals surface area contributed by atoms with Crippen LogP contribution in [0.15, 0.2) is 21.8 Å². The van der Waals surface area contributed by atoms with Crippen molar-refractivity contribution in [2.45, 2.75) is 54.6 Å². The molecule has 0 N–H and O–H groups in total. The molecule has 0 saturated carbocycles. The first-order valence-electron chi connectivity index (χ1n) is 8.66. The van der Waals surface area contributed by atoms with Gasteiger partial charge in [-0.15, -0.1) is 0 Å². The Balaban J connectivity index is 5.19. The Labute approximate surface area is 147 Å². The molecule has 0 saturated heterocycles. The molecule has 0 aromatic rings. The molecule has 0 fully saturated rings. The maximum Gasteiger partial charge on any atom is 0.350 e. The molecule has 0 radical (unpaired) electrons. The first-order valence-corrected chi connectivity index (χ1v) is 14.9. The van der Waals surface area contributed by atoms with E-state index in [1.54, 1.807) is 0 Å². The van der Waals surface area contributed by atoms with Gasteiger partial charge in [0.15, 0.2) is 0 Å². The molecule has 0 aromatic carbocycles. The van der Waals surface area contributed by atoms with Gasteiger partial charge >= 0.3 is 18.6 Å². The SMILES string of the molecule is CCO[SiH](OCC)C(C)=C[Si](C)(C)C=C(C)[SiH](OCC)OCC. The molecular weight excluding hydrogens is 340 g/mol. The van der Waals surface area contributed by atoms with Crippen molar-refractivity contribution in [1.82, 2.24) is 0 Å². The van der Waals surface area contributed by atoms with Crippen molar-refractivity contribution in [3.05, 3.63) is 21.8 Å². The minimum atomic E-state index is -1.71. The second-order valence-electron chi connectivity index (χ2n) is 6.08. The number of rotatable bonds is 12. The van der Waals surface area contributed by atoms with Crippen LogP contribution >= 0.6 is 0 Å². The second kappa shape index (κ2) is 12.3. The summed E-state index contributed by atoms with van der Waals surface area (Å²) in [6.45, 7) is 19.9. The van der Waals surface area contributed by atoms with Crippen LogP contribution in [0.25, 0.3) is 0 Å². The predicted molar refractivity (Wildman–Crippen MR) is 106 cm³/mol. The lowest BCUT2D eigenvalue weighted by Gasteiger charge is -2.22. The summed E-state index contributed by atoms with van der Waals surface area (Å²) in [6.07, 6.45) is 0. The lowest BCUT2D eigenvalue weighted by atomic mass is 10.7. The minimum absolute atomic E-state index is 0.711. The third-order valence-electron chi connectivity index (χ3n) is 3.22. The van der Waals surface area contributed by atoms with Crippen LogP contribution in [0, 0.1) is 0 Å². The molecule has 0 spiro atoms. The van der Waals surface area contributed by atoms with Crippen LogP contribution in [0.3, 0.4) is 0 Å². The number of hydrogen-bond acceptors (Lipinski definition) is 4. The summed E-state index contributed by atoms with van der Waals surface area (Å²) < 4.78 is 23.3. The van der Waals surface area contributed by atoms with Crippen LogP contribution in [0.5, 0.6) is 0 Å². The maximum absolute atomic E-state index is 5.83. The largest absolute Gasteiger partial charge is 0.394 e. The van der Waals surface area contributed by atoms with Gasteiger partial charge in [-0.3, -0.25) is 0 Å². The summed E-state index contributed by atoms with van der Waals surface area (Å²) in [5, 5.41) is 2.58. The molecule has 0 aliphatic carbocycles. The lowest BCUT2D eigenvalue weighted by molar-refractivity contribution is 0.221. The van der Waals surface area contributed by atoms with Gasteiger partial charge in [-0.25, -0.2) is 0 Å². The van der Waals surface area contributed by atoms with Gasteiger partial charge in [-0.2, -0.15) is 0 Å². The van der Waals surface area contributed by atoms with E-state index >= 15 is 0 Å². The molecular formula is C16H36O4Si3. The predicted octanol–water partition coefficient (Wildman–Crippen LogP) is 3.33. The summed E-state index contributed by atoms with van der Waals surface area (Å²) in [7, 11) is -5.06. The van der Waals surface area contributed by atoms with E-state index in [9.17, 15) is 0 Å². The maximum atomic E-state index is 5.83. The van der Waals surface area contributed by atoms with Gasteiger partial charge in [-0.1, -0.05) is 24.5 Å². The van der Waals surface area contributed by atoms with Crippen molar-refractivity contribution in [3.8, 4) is 0 Å². The van der Waals surface area contributed by atoms with Gasteiger partial charge < -0.3 is 17.7 Å². The van der Waals surface area contributed by atoms with Crippen molar-refractivity contribution < 1.29 is 17.7 Å². The fourth-order valence-corrected chi connectivity index (χ4v) is 11.1. The number of allylic oxidation sites excluding steroid dienone is 2. The van der Waals surface area contributed by atoms with Gasteiger partial charge in [-0.05, 0) is 51.9 Å². The van der Waals surface area contributed by atoms with Crippen molar-refractivity contribution in [1.29, 1.82) is 0 Å². The normalized spacial score (nSPS) is 14.2. The van der Waals surface area contributed by atoms with E-state index in [-0.39, 0.29) is 0 Å². The Kier molecular flexibility index (Phi) is 12.3. The molecule has 0 aliphatic heterocycles. The molecule has 0 bridgehead atoms. The van der Waals surface area contributed by atoms with Crippen LogP contribution in [-0.4, -0.2) is 53.1 Å². The third kappa shape index (κ3) is 9.76. The minimum Gasteiger partial charge on any atom is -0.394 e. The topological polar surface area (TPSA) is 36.9 Å². The Morgan fingerprint density at radius 3 is 1.17 bits per heavy atom. The van der Waals surface area contributed by atoms with Crippen molar-refractivity contribution >= 4 is 26.6 Å². The summed E-state index contributed by atoms with van der Waals surface area (Å²) in [5.74, 6) is 0. The average Bonchev–Trinajstić information content (AvgIpc) is 2.45. The van der Waals surface area contributed by atoms with Gasteiger partial charge in [0.2, 0.25) is 0 Å². The molecule has 0 heterocycles. The first kappa shape index (κ1) is 23.0. The molecule has 7 heteroatoms. The molecule has 0 atom stereocenters. The highest BCUT2D eigenvalue weighted by molar-refractivity contribution is 6.88. The van der Waals surface area contributed by atoms with E-state index in [1.807, 2.05) is 27.7 Å². The summed E-state index contributed by atoms with van der Waals surface area (Å²) >= 11 is 0. The highest BCUT2D eigenvalue weighted by Gasteiger charge is 2.23. The van der Waals surface area contributed by atoms with Crippen molar-refractivity contribution in [2.24, 2.45) is 0 Å². The quantitative estimate of drug-likeness (QED) is 0.490. The Morgan fingerprint density at radius 2 is 0.957 bits per heavy atom. The standard InChI is InChI=1S/C16H36O4Si3/c1-9-17-21(18-10-2)15(5)13-23(7,8)14-16(6)22(19-11-3)20-12-4/h13-14,21-22H,9-12H2,1-8H3. The van der Waals surface area contributed by atoms with Crippen LogP contribution in [0.2, 0.25) is 13.1 Å². The smallest absolute Gasteiger partial charge is 0.350 e. The van der Waals surface area contributed by atoms with E-state index in [0.29, 0.717) is 26.4 Å². The van der Waals surface area contributed by atoms with Crippen molar-refractivity contribution in [2.75, 3.05) is 26.4 Å². The Morgan fingerprint density at radius 1 is 0.696 bits per heavy atom. The summed E-state index contributed by atoms with van der Waals surface area (Å²) in [5.41, 5.74) is 4.81. The van der Waals surface area contributed by atoms with Gasteiger partial charge in [0, 0.05) is 26.4 Å². The zero-order chi connectivity index (χ0) is 17.9. The fraction of sp³-hybridized carbons (Fsp3) is 0.750. The van der Waals surface area contributed by atoms with E-state index in [0.717, 1.165) is 0 Å². The van der Waals surface area contributed by atoms with Crippen LogP contribution in [-0.2, 0) is 17.7 Å². The molecule has 136 valence electrons. The van der Waals surface area contributed by atoms with Gasteiger partial charge in [0.05, 0.1) is 8.07 Å². The van der Waals surface area contributed by atoms with Crippen LogP contribution in [0.4, 0.5) is 0 Å². The highest BCUT2D eigenvalue weighted by atomic mass is 28.3. The first-order chi connectivity index (χ1) is 10.8. The van der Waals surface area contributed by atoms with Crippen molar-refractivity contribution in [3.63, 3.8) is 0 Å². The van der Waals surface area contributed by atoms with E-state index in [1.165, 1.54) is 10.4 Å². The Hall–Kier alpha value is -0.0294.